The summed E-state index contributed by atoms with van der Waals surface area (Å²) in [6.07, 6.45) is -4.93. The molecule has 3 heteroatoms. The zero-order chi connectivity index (χ0) is 9.07. The van der Waals surface area contributed by atoms with Gasteiger partial charge in [-0.1, -0.05) is 24.3 Å². The second-order valence-corrected chi connectivity index (χ2v) is 2.50. The van der Waals surface area contributed by atoms with Gasteiger partial charge in [-0.2, -0.15) is 13.2 Å². The third-order valence-electron chi connectivity index (χ3n) is 1.31. The molecule has 0 fully saturated rings. The molecule has 0 saturated heterocycles. The van der Waals surface area contributed by atoms with Crippen LogP contribution >= 0.6 is 0 Å². The molecule has 0 nitrogen and oxygen atoms in total. The van der Waals surface area contributed by atoms with Crippen LogP contribution in [-0.4, -0.2) is 6.18 Å². The highest BCUT2D eigenvalue weighted by molar-refractivity contribution is 5.22. The molecule has 0 aromatic heterocycles. The van der Waals surface area contributed by atoms with Gasteiger partial charge in [-0.15, -0.1) is 0 Å². The lowest BCUT2D eigenvalue weighted by atomic mass is 10.1. The van der Waals surface area contributed by atoms with Crippen LogP contribution in [0.1, 0.15) is 19.8 Å². The summed E-state index contributed by atoms with van der Waals surface area (Å²) in [4.78, 5) is 0. The van der Waals surface area contributed by atoms with Crippen molar-refractivity contribution in [1.29, 1.82) is 0 Å². The van der Waals surface area contributed by atoms with Gasteiger partial charge in [0.1, 0.15) is 0 Å². The minimum atomic E-state index is -4.08. The molecule has 0 N–H and O–H groups in total. The first-order chi connectivity index (χ1) is 4.83. The maximum Gasteiger partial charge on any atom is 0.389 e. The van der Waals surface area contributed by atoms with Gasteiger partial charge in [0.2, 0.25) is 0 Å². The molecule has 0 aromatic carbocycles. The molecule has 0 rings (SSSR count). The van der Waals surface area contributed by atoms with E-state index in [1.54, 1.807) is 6.92 Å². The third-order valence-corrected chi connectivity index (χ3v) is 1.31. The Kier molecular flexibility index (Phi) is 3.36. The fraction of sp³-hybridized carbons (Fsp3) is 0.500. The summed E-state index contributed by atoms with van der Waals surface area (Å²) >= 11 is 0. The van der Waals surface area contributed by atoms with Crippen LogP contribution < -0.4 is 0 Å². The molecule has 0 aliphatic carbocycles. The van der Waals surface area contributed by atoms with E-state index < -0.39 is 12.6 Å². The lowest BCUT2D eigenvalue weighted by molar-refractivity contribution is -0.133. The van der Waals surface area contributed by atoms with Gasteiger partial charge >= 0.3 is 6.18 Å². The highest BCUT2D eigenvalue weighted by Gasteiger charge is 2.26. The van der Waals surface area contributed by atoms with Crippen molar-refractivity contribution < 1.29 is 13.2 Å². The molecule has 64 valence electrons. The molecule has 0 aromatic rings. The summed E-state index contributed by atoms with van der Waals surface area (Å²) in [5.74, 6) is 0. The van der Waals surface area contributed by atoms with E-state index in [4.69, 9.17) is 0 Å². The second kappa shape index (κ2) is 3.60. The van der Waals surface area contributed by atoms with Crippen LogP contribution in [0.4, 0.5) is 13.2 Å². The first-order valence-corrected chi connectivity index (χ1v) is 3.23. The summed E-state index contributed by atoms with van der Waals surface area (Å²) in [6.45, 7) is 8.60. The normalized spacial score (nSPS) is 11.3. The third kappa shape index (κ3) is 5.70. The Labute approximate surface area is 64.4 Å². The number of halogens is 3. The fourth-order valence-electron chi connectivity index (χ4n) is 0.506. The Morgan fingerprint density at radius 1 is 1.27 bits per heavy atom. The highest BCUT2D eigenvalue weighted by Crippen LogP contribution is 2.24. The van der Waals surface area contributed by atoms with Gasteiger partial charge < -0.3 is 0 Å². The van der Waals surface area contributed by atoms with Gasteiger partial charge in [0.05, 0.1) is 0 Å². The zero-order valence-corrected chi connectivity index (χ0v) is 6.46. The van der Waals surface area contributed by atoms with Crippen LogP contribution in [0.25, 0.3) is 0 Å². The largest absolute Gasteiger partial charge is 0.389 e. The Hall–Kier alpha value is -0.730. The standard InChI is InChI=1S/C8H11F3/c1-6(2)7(3)4-5-8(9,10)11/h1,3-5H2,2H3. The highest BCUT2D eigenvalue weighted by atomic mass is 19.4. The first kappa shape index (κ1) is 10.3. The van der Waals surface area contributed by atoms with Gasteiger partial charge in [0.15, 0.2) is 0 Å². The molecule has 0 aliphatic heterocycles. The molecule has 11 heavy (non-hydrogen) atoms. The van der Waals surface area contributed by atoms with Gasteiger partial charge in [-0.25, -0.2) is 0 Å². The van der Waals surface area contributed by atoms with E-state index in [1.165, 1.54) is 0 Å². The van der Waals surface area contributed by atoms with Crippen LogP contribution in [0.3, 0.4) is 0 Å². The van der Waals surface area contributed by atoms with E-state index in [0.717, 1.165) is 0 Å². The summed E-state index contributed by atoms with van der Waals surface area (Å²) in [5.41, 5.74) is 1.09. The van der Waals surface area contributed by atoms with Crippen molar-refractivity contribution in [3.05, 3.63) is 24.3 Å². The molecule has 0 bridgehead atoms. The van der Waals surface area contributed by atoms with Crippen molar-refractivity contribution >= 4 is 0 Å². The Morgan fingerprint density at radius 2 is 1.73 bits per heavy atom. The molecule has 0 heterocycles. The number of hydrogen-bond acceptors (Lipinski definition) is 0. The summed E-state index contributed by atoms with van der Waals surface area (Å²) in [6, 6.07) is 0. The van der Waals surface area contributed by atoms with Gasteiger partial charge in [0, 0.05) is 6.42 Å². The smallest absolute Gasteiger partial charge is 0.171 e. The average molecular weight is 164 g/mol. The predicted molar refractivity (Wildman–Crippen MR) is 39.2 cm³/mol. The second-order valence-electron chi connectivity index (χ2n) is 2.50. The Bertz CT molecular complexity index is 165. The van der Waals surface area contributed by atoms with Gasteiger partial charge in [-0.3, -0.25) is 0 Å². The lowest BCUT2D eigenvalue weighted by Crippen LogP contribution is -2.06. The topological polar surface area (TPSA) is 0 Å². The van der Waals surface area contributed by atoms with Crippen LogP contribution in [0.15, 0.2) is 24.3 Å². The number of allylic oxidation sites excluding steroid dienone is 2. The SMILES string of the molecule is C=C(C)C(=C)CCC(F)(F)F. The average Bonchev–Trinajstić information content (AvgIpc) is 1.80. The van der Waals surface area contributed by atoms with Crippen molar-refractivity contribution in [1.82, 2.24) is 0 Å². The van der Waals surface area contributed by atoms with Crippen LogP contribution in [0, 0.1) is 0 Å². The first-order valence-electron chi connectivity index (χ1n) is 3.23. The summed E-state index contributed by atoms with van der Waals surface area (Å²) < 4.78 is 34.8. The van der Waals surface area contributed by atoms with E-state index in [0.29, 0.717) is 11.1 Å². The van der Waals surface area contributed by atoms with Crippen molar-refractivity contribution in [2.75, 3.05) is 0 Å². The van der Waals surface area contributed by atoms with Crippen LogP contribution in [0.5, 0.6) is 0 Å². The predicted octanol–water partition coefficient (Wildman–Crippen LogP) is 3.46. The molecule has 0 spiro atoms. The van der Waals surface area contributed by atoms with E-state index in [1.807, 2.05) is 0 Å². The van der Waals surface area contributed by atoms with Crippen molar-refractivity contribution in [2.45, 2.75) is 25.9 Å². The lowest BCUT2D eigenvalue weighted by Gasteiger charge is -2.07. The monoisotopic (exact) mass is 164 g/mol. The molecule has 0 unspecified atom stereocenters. The van der Waals surface area contributed by atoms with Crippen molar-refractivity contribution in [3.63, 3.8) is 0 Å². The molecular formula is C8H11F3. The maximum atomic E-state index is 11.6. The quantitative estimate of drug-likeness (QED) is 0.560. The Balaban J connectivity index is 3.73. The maximum absolute atomic E-state index is 11.6. The number of alkyl halides is 3. The number of hydrogen-bond donors (Lipinski definition) is 0. The van der Waals surface area contributed by atoms with Crippen LogP contribution in [0.2, 0.25) is 0 Å². The zero-order valence-electron chi connectivity index (χ0n) is 6.46. The van der Waals surface area contributed by atoms with E-state index >= 15 is 0 Å². The van der Waals surface area contributed by atoms with Crippen LogP contribution in [-0.2, 0) is 0 Å². The number of rotatable bonds is 3. The van der Waals surface area contributed by atoms with E-state index in [2.05, 4.69) is 13.2 Å². The molecule has 0 aliphatic rings. The molecular weight excluding hydrogens is 153 g/mol. The van der Waals surface area contributed by atoms with Gasteiger partial charge in [0.25, 0.3) is 0 Å². The van der Waals surface area contributed by atoms with Gasteiger partial charge in [-0.05, 0) is 13.3 Å². The molecule has 0 atom stereocenters. The minimum absolute atomic E-state index is 0.0428. The van der Waals surface area contributed by atoms with Crippen molar-refractivity contribution in [2.24, 2.45) is 0 Å². The minimum Gasteiger partial charge on any atom is -0.171 e. The van der Waals surface area contributed by atoms with E-state index in [-0.39, 0.29) is 6.42 Å². The molecule has 0 saturated carbocycles. The molecule has 0 radical (unpaired) electrons. The molecule has 0 amide bonds. The Morgan fingerprint density at radius 3 is 2.00 bits per heavy atom. The fourth-order valence-corrected chi connectivity index (χ4v) is 0.506. The van der Waals surface area contributed by atoms with Crippen molar-refractivity contribution in [3.8, 4) is 0 Å². The summed E-state index contributed by atoms with van der Waals surface area (Å²) in [5, 5.41) is 0. The summed E-state index contributed by atoms with van der Waals surface area (Å²) in [7, 11) is 0. The van der Waals surface area contributed by atoms with E-state index in [9.17, 15) is 13.2 Å².